The zero-order valence-electron chi connectivity index (χ0n) is 12.3. The van der Waals surface area contributed by atoms with Crippen molar-refractivity contribution in [3.8, 4) is 17.6 Å². The fraction of sp³-hybridized carbons (Fsp3) is 0.294. The third-order valence-electron chi connectivity index (χ3n) is 4.16. The average molecular weight is 309 g/mol. The Hall–Kier alpha value is -2.94. The molecule has 4 rings (SSSR count). The molecule has 1 aromatic carbocycles. The molecule has 1 aromatic heterocycles. The summed E-state index contributed by atoms with van der Waals surface area (Å²) in [5.41, 5.74) is 2.01. The monoisotopic (exact) mass is 309 g/mol. The van der Waals surface area contributed by atoms with Gasteiger partial charge in [0.05, 0.1) is 5.56 Å². The molecule has 2 aromatic rings. The highest BCUT2D eigenvalue weighted by Gasteiger charge is 2.40. The maximum Gasteiger partial charge on any atom is 0.267 e. The number of carbonyl (C=O) groups excluding carboxylic acids is 1. The summed E-state index contributed by atoms with van der Waals surface area (Å²) < 4.78 is 11.1. The average Bonchev–Trinajstić information content (AvgIpc) is 3.17. The lowest BCUT2D eigenvalue weighted by Gasteiger charge is -2.18. The minimum absolute atomic E-state index is 0.110. The van der Waals surface area contributed by atoms with E-state index in [0.717, 1.165) is 23.5 Å². The zero-order chi connectivity index (χ0) is 15.8. The van der Waals surface area contributed by atoms with Crippen LogP contribution in [0.5, 0.6) is 11.5 Å². The Labute approximate surface area is 133 Å². The number of aromatic amines is 1. The van der Waals surface area contributed by atoms with Gasteiger partial charge in [0.2, 0.25) is 0 Å². The van der Waals surface area contributed by atoms with Gasteiger partial charge in [-0.25, -0.2) is 0 Å². The fourth-order valence-electron chi connectivity index (χ4n) is 2.85. The van der Waals surface area contributed by atoms with E-state index in [4.69, 9.17) is 14.7 Å². The Morgan fingerprint density at radius 2 is 2.09 bits per heavy atom. The lowest BCUT2D eigenvalue weighted by Crippen LogP contribution is -2.26. The second kappa shape index (κ2) is 5.36. The Morgan fingerprint density at radius 3 is 2.87 bits per heavy atom. The molecule has 1 saturated carbocycles. The number of fused-ring (bicyclic) bond motifs is 1. The molecule has 6 nitrogen and oxygen atoms in total. The first-order chi connectivity index (χ1) is 11.2. The zero-order valence-corrected chi connectivity index (χ0v) is 12.3. The first-order valence-corrected chi connectivity index (χ1v) is 7.53. The SMILES string of the molecule is N#Cc1c[nH]c(C(=O)N[C@H]2C[C@@H]2c2ccc3c(c2)OCCO3)c1. The molecule has 0 saturated heterocycles. The lowest BCUT2D eigenvalue weighted by molar-refractivity contribution is 0.0946. The smallest absolute Gasteiger partial charge is 0.267 e. The van der Waals surface area contributed by atoms with Crippen molar-refractivity contribution >= 4 is 5.91 Å². The minimum atomic E-state index is -0.184. The van der Waals surface area contributed by atoms with Crippen molar-refractivity contribution in [3.63, 3.8) is 0 Å². The molecular formula is C17H15N3O3. The van der Waals surface area contributed by atoms with Crippen LogP contribution in [0.2, 0.25) is 0 Å². The van der Waals surface area contributed by atoms with Crippen molar-refractivity contribution < 1.29 is 14.3 Å². The number of aromatic nitrogens is 1. The standard InChI is InChI=1S/C17H15N3O3/c18-8-10-5-14(19-9-10)17(21)20-13-7-12(13)11-1-2-15-16(6-11)23-4-3-22-15/h1-2,5-6,9,12-13,19H,3-4,7H2,(H,20,21)/t12-,13+/m1/s1. The van der Waals surface area contributed by atoms with Gasteiger partial charge in [0.1, 0.15) is 25.0 Å². The van der Waals surface area contributed by atoms with Crippen molar-refractivity contribution in [1.82, 2.24) is 10.3 Å². The van der Waals surface area contributed by atoms with Crippen LogP contribution in [-0.2, 0) is 0 Å². The number of nitriles is 1. The molecule has 0 radical (unpaired) electrons. The third-order valence-corrected chi connectivity index (χ3v) is 4.16. The van der Waals surface area contributed by atoms with Gasteiger partial charge in [-0.2, -0.15) is 5.26 Å². The van der Waals surface area contributed by atoms with Crippen molar-refractivity contribution in [2.75, 3.05) is 13.2 Å². The third kappa shape index (κ3) is 2.61. The summed E-state index contributed by atoms with van der Waals surface area (Å²) >= 11 is 0. The highest BCUT2D eigenvalue weighted by atomic mass is 16.6. The van der Waals surface area contributed by atoms with Crippen LogP contribution in [0.3, 0.4) is 0 Å². The molecule has 2 N–H and O–H groups in total. The molecule has 1 aliphatic heterocycles. The molecule has 6 heteroatoms. The van der Waals surface area contributed by atoms with Crippen LogP contribution in [-0.4, -0.2) is 30.1 Å². The molecule has 1 amide bonds. The fourth-order valence-corrected chi connectivity index (χ4v) is 2.85. The largest absolute Gasteiger partial charge is 0.486 e. The van der Waals surface area contributed by atoms with Crippen molar-refractivity contribution in [1.29, 1.82) is 5.26 Å². The molecule has 2 atom stereocenters. The van der Waals surface area contributed by atoms with Gasteiger partial charge >= 0.3 is 0 Å². The number of hydrogen-bond acceptors (Lipinski definition) is 4. The molecule has 1 aliphatic carbocycles. The van der Waals surface area contributed by atoms with Gasteiger partial charge < -0.3 is 19.8 Å². The molecule has 0 spiro atoms. The second-order valence-corrected chi connectivity index (χ2v) is 5.74. The first kappa shape index (κ1) is 13.7. The van der Waals surface area contributed by atoms with Gasteiger partial charge in [0.15, 0.2) is 11.5 Å². The van der Waals surface area contributed by atoms with E-state index in [-0.39, 0.29) is 11.9 Å². The number of benzene rings is 1. The summed E-state index contributed by atoms with van der Waals surface area (Å²) in [6, 6.07) is 9.60. The Balaban J connectivity index is 1.42. The molecule has 2 heterocycles. The van der Waals surface area contributed by atoms with Crippen LogP contribution in [0.4, 0.5) is 0 Å². The highest BCUT2D eigenvalue weighted by Crippen LogP contribution is 2.44. The van der Waals surface area contributed by atoms with Crippen molar-refractivity contribution in [2.45, 2.75) is 18.4 Å². The van der Waals surface area contributed by atoms with Gasteiger partial charge in [0.25, 0.3) is 5.91 Å². The van der Waals surface area contributed by atoms with Gasteiger partial charge in [-0.3, -0.25) is 4.79 Å². The van der Waals surface area contributed by atoms with Crippen LogP contribution in [0.25, 0.3) is 0 Å². The molecule has 0 bridgehead atoms. The summed E-state index contributed by atoms with van der Waals surface area (Å²) in [5, 5.41) is 11.8. The number of nitrogens with zero attached hydrogens (tertiary/aromatic N) is 1. The maximum atomic E-state index is 12.1. The predicted molar refractivity (Wildman–Crippen MR) is 81.6 cm³/mol. The summed E-state index contributed by atoms with van der Waals surface area (Å²) in [6.07, 6.45) is 2.43. The van der Waals surface area contributed by atoms with E-state index in [9.17, 15) is 4.79 Å². The Bertz CT molecular complexity index is 806. The maximum absolute atomic E-state index is 12.1. The van der Waals surface area contributed by atoms with E-state index >= 15 is 0 Å². The van der Waals surface area contributed by atoms with E-state index in [2.05, 4.69) is 10.3 Å². The van der Waals surface area contributed by atoms with E-state index in [0.29, 0.717) is 30.4 Å². The van der Waals surface area contributed by atoms with Crippen LogP contribution in [0.1, 0.15) is 34.0 Å². The van der Waals surface area contributed by atoms with Crippen LogP contribution < -0.4 is 14.8 Å². The normalized spacial score (nSPS) is 21.3. The lowest BCUT2D eigenvalue weighted by atomic mass is 10.1. The summed E-state index contributed by atoms with van der Waals surface area (Å²) in [5.74, 6) is 1.65. The molecule has 2 aliphatic rings. The quantitative estimate of drug-likeness (QED) is 0.907. The minimum Gasteiger partial charge on any atom is -0.486 e. The first-order valence-electron chi connectivity index (χ1n) is 7.53. The number of H-pyrrole nitrogens is 1. The number of carbonyl (C=O) groups is 1. The van der Waals surface area contributed by atoms with Crippen LogP contribution >= 0.6 is 0 Å². The summed E-state index contributed by atoms with van der Waals surface area (Å²) in [7, 11) is 0. The summed E-state index contributed by atoms with van der Waals surface area (Å²) in [4.78, 5) is 15.0. The van der Waals surface area contributed by atoms with E-state index in [1.165, 1.54) is 6.20 Å². The number of ether oxygens (including phenoxy) is 2. The van der Waals surface area contributed by atoms with Gasteiger partial charge in [-0.05, 0) is 30.2 Å². The Morgan fingerprint density at radius 1 is 1.26 bits per heavy atom. The van der Waals surface area contributed by atoms with Crippen molar-refractivity contribution in [3.05, 3.63) is 47.3 Å². The van der Waals surface area contributed by atoms with Crippen LogP contribution in [0, 0.1) is 11.3 Å². The van der Waals surface area contributed by atoms with Gasteiger partial charge in [-0.15, -0.1) is 0 Å². The second-order valence-electron chi connectivity index (χ2n) is 5.74. The molecule has 23 heavy (non-hydrogen) atoms. The number of amides is 1. The molecule has 116 valence electrons. The molecule has 1 fully saturated rings. The van der Waals surface area contributed by atoms with Crippen LogP contribution in [0.15, 0.2) is 30.5 Å². The topological polar surface area (TPSA) is 87.1 Å². The Kier molecular flexibility index (Phi) is 3.19. The van der Waals surface area contributed by atoms with E-state index in [1.807, 2.05) is 24.3 Å². The highest BCUT2D eigenvalue weighted by molar-refractivity contribution is 5.93. The molecular weight excluding hydrogens is 294 g/mol. The van der Waals surface area contributed by atoms with Gasteiger partial charge in [0, 0.05) is 18.2 Å². The summed E-state index contributed by atoms with van der Waals surface area (Å²) in [6.45, 7) is 1.14. The van der Waals surface area contributed by atoms with Gasteiger partial charge in [-0.1, -0.05) is 6.07 Å². The number of nitrogens with one attached hydrogen (secondary N) is 2. The van der Waals surface area contributed by atoms with E-state index in [1.54, 1.807) is 6.07 Å². The van der Waals surface area contributed by atoms with Crippen molar-refractivity contribution in [2.24, 2.45) is 0 Å². The predicted octanol–water partition coefficient (Wildman–Crippen LogP) is 1.94. The molecule has 0 unspecified atom stereocenters. The number of hydrogen-bond donors (Lipinski definition) is 2. The number of rotatable bonds is 3. The van der Waals surface area contributed by atoms with E-state index < -0.39 is 0 Å².